The van der Waals surface area contributed by atoms with Gasteiger partial charge in [0.05, 0.1) is 24.6 Å². The Morgan fingerprint density at radius 1 is 1.12 bits per heavy atom. The molecule has 1 aliphatic rings. The third kappa shape index (κ3) is 3.65. The Labute approximate surface area is 152 Å². The van der Waals surface area contributed by atoms with Gasteiger partial charge in [-0.1, -0.05) is 12.1 Å². The lowest BCUT2D eigenvalue weighted by Crippen LogP contribution is -2.04. The monoisotopic (exact) mass is 353 g/mol. The van der Waals surface area contributed by atoms with Crippen LogP contribution in [0.2, 0.25) is 0 Å². The molecule has 0 saturated heterocycles. The van der Waals surface area contributed by atoms with Crippen LogP contribution in [-0.2, 0) is 4.74 Å². The SMILES string of the molecule is COCCOc1cccc(-c2nc3ccc(OCC4CC4)nn3c2C)c1. The zero-order valence-corrected chi connectivity index (χ0v) is 15.1. The molecule has 2 aromatic heterocycles. The lowest BCUT2D eigenvalue weighted by atomic mass is 10.1. The van der Waals surface area contributed by atoms with E-state index in [-0.39, 0.29) is 0 Å². The van der Waals surface area contributed by atoms with E-state index in [9.17, 15) is 0 Å². The molecule has 0 bridgehead atoms. The molecule has 136 valence electrons. The summed E-state index contributed by atoms with van der Waals surface area (Å²) in [4.78, 5) is 4.73. The average molecular weight is 353 g/mol. The largest absolute Gasteiger partial charge is 0.491 e. The van der Waals surface area contributed by atoms with Crippen LogP contribution in [0.5, 0.6) is 11.6 Å². The molecule has 1 aromatic carbocycles. The average Bonchev–Trinajstić information content (AvgIpc) is 3.44. The Bertz CT molecular complexity index is 902. The van der Waals surface area contributed by atoms with Crippen molar-refractivity contribution in [1.82, 2.24) is 14.6 Å². The Kier molecular flexibility index (Phi) is 4.75. The van der Waals surface area contributed by atoms with E-state index in [4.69, 9.17) is 19.2 Å². The molecule has 4 rings (SSSR count). The molecule has 0 spiro atoms. The fraction of sp³-hybridized carbons (Fsp3) is 0.400. The van der Waals surface area contributed by atoms with Crippen LogP contribution in [0.3, 0.4) is 0 Å². The van der Waals surface area contributed by atoms with Crippen LogP contribution >= 0.6 is 0 Å². The first-order valence-corrected chi connectivity index (χ1v) is 8.96. The lowest BCUT2D eigenvalue weighted by molar-refractivity contribution is 0.146. The number of rotatable bonds is 8. The molecular weight excluding hydrogens is 330 g/mol. The molecule has 0 amide bonds. The second kappa shape index (κ2) is 7.33. The van der Waals surface area contributed by atoms with E-state index in [0.29, 0.717) is 25.0 Å². The number of aryl methyl sites for hydroxylation is 1. The molecule has 6 heteroatoms. The molecule has 2 heterocycles. The van der Waals surface area contributed by atoms with Crippen LogP contribution in [-0.4, -0.2) is 41.5 Å². The number of ether oxygens (including phenoxy) is 3. The minimum absolute atomic E-state index is 0.521. The van der Waals surface area contributed by atoms with Crippen LogP contribution in [0.1, 0.15) is 18.5 Å². The van der Waals surface area contributed by atoms with E-state index in [1.54, 1.807) is 7.11 Å². The zero-order valence-electron chi connectivity index (χ0n) is 15.1. The molecule has 1 aliphatic carbocycles. The summed E-state index contributed by atoms with van der Waals surface area (Å²) >= 11 is 0. The summed E-state index contributed by atoms with van der Waals surface area (Å²) in [5, 5.41) is 4.59. The number of hydrogen-bond donors (Lipinski definition) is 0. The Balaban J connectivity index is 1.59. The molecule has 0 unspecified atom stereocenters. The third-order valence-corrected chi connectivity index (χ3v) is 4.50. The van der Waals surface area contributed by atoms with Gasteiger partial charge < -0.3 is 14.2 Å². The van der Waals surface area contributed by atoms with E-state index >= 15 is 0 Å². The fourth-order valence-electron chi connectivity index (χ4n) is 2.84. The quantitative estimate of drug-likeness (QED) is 0.580. The number of methoxy groups -OCH3 is 1. The van der Waals surface area contributed by atoms with Gasteiger partial charge in [-0.25, -0.2) is 9.50 Å². The van der Waals surface area contributed by atoms with Gasteiger partial charge in [-0.15, -0.1) is 5.10 Å². The number of imidazole rings is 1. The maximum absolute atomic E-state index is 5.79. The normalized spacial score (nSPS) is 13.9. The summed E-state index contributed by atoms with van der Waals surface area (Å²) in [5.41, 5.74) is 3.69. The van der Waals surface area contributed by atoms with Crippen LogP contribution in [0.25, 0.3) is 16.9 Å². The van der Waals surface area contributed by atoms with E-state index < -0.39 is 0 Å². The summed E-state index contributed by atoms with van der Waals surface area (Å²) in [6, 6.07) is 11.8. The first kappa shape index (κ1) is 16.8. The van der Waals surface area contributed by atoms with Crippen molar-refractivity contribution in [2.45, 2.75) is 19.8 Å². The van der Waals surface area contributed by atoms with Gasteiger partial charge >= 0.3 is 0 Å². The van der Waals surface area contributed by atoms with Gasteiger partial charge in [-0.2, -0.15) is 0 Å². The molecule has 1 fully saturated rings. The van der Waals surface area contributed by atoms with Crippen molar-refractivity contribution in [3.63, 3.8) is 0 Å². The van der Waals surface area contributed by atoms with Gasteiger partial charge in [0.15, 0.2) is 5.65 Å². The third-order valence-electron chi connectivity index (χ3n) is 4.50. The van der Waals surface area contributed by atoms with Gasteiger partial charge in [-0.3, -0.25) is 0 Å². The number of fused-ring (bicyclic) bond motifs is 1. The highest BCUT2D eigenvalue weighted by atomic mass is 16.5. The van der Waals surface area contributed by atoms with Gasteiger partial charge in [0.2, 0.25) is 5.88 Å². The summed E-state index contributed by atoms with van der Waals surface area (Å²) in [5.74, 6) is 2.15. The van der Waals surface area contributed by atoms with Crippen molar-refractivity contribution < 1.29 is 14.2 Å². The topological polar surface area (TPSA) is 57.9 Å². The van der Waals surface area contributed by atoms with Crippen molar-refractivity contribution in [2.75, 3.05) is 26.9 Å². The standard InChI is InChI=1S/C20H23N3O3/c1-14-20(16-4-3-5-17(12-16)25-11-10-24-2)21-18-8-9-19(22-23(14)18)26-13-15-6-7-15/h3-5,8-9,12,15H,6-7,10-11,13H2,1-2H3. The molecule has 3 aromatic rings. The molecule has 6 nitrogen and oxygen atoms in total. The van der Waals surface area contributed by atoms with Crippen LogP contribution in [0.4, 0.5) is 0 Å². The Hall–Kier alpha value is -2.60. The number of aromatic nitrogens is 3. The molecule has 0 N–H and O–H groups in total. The number of nitrogens with zero attached hydrogens (tertiary/aromatic N) is 3. The summed E-state index contributed by atoms with van der Waals surface area (Å²) in [6.07, 6.45) is 2.53. The molecular formula is C20H23N3O3. The van der Waals surface area contributed by atoms with E-state index in [0.717, 1.165) is 35.0 Å². The number of benzene rings is 1. The first-order chi connectivity index (χ1) is 12.7. The first-order valence-electron chi connectivity index (χ1n) is 8.96. The fourth-order valence-corrected chi connectivity index (χ4v) is 2.84. The van der Waals surface area contributed by atoms with Gasteiger partial charge in [0.1, 0.15) is 12.4 Å². The highest BCUT2D eigenvalue weighted by molar-refractivity contribution is 5.67. The van der Waals surface area contributed by atoms with Crippen LogP contribution in [0.15, 0.2) is 36.4 Å². The maximum atomic E-state index is 5.79. The molecule has 0 radical (unpaired) electrons. The predicted octanol–water partition coefficient (Wildman–Crippen LogP) is 3.52. The predicted molar refractivity (Wildman–Crippen MR) is 98.8 cm³/mol. The zero-order chi connectivity index (χ0) is 17.9. The highest BCUT2D eigenvalue weighted by Gasteiger charge is 2.22. The highest BCUT2D eigenvalue weighted by Crippen LogP contribution is 2.30. The van der Waals surface area contributed by atoms with Gasteiger partial charge in [-0.05, 0) is 43.9 Å². The summed E-state index contributed by atoms with van der Waals surface area (Å²) < 4.78 is 18.4. The smallest absolute Gasteiger partial charge is 0.231 e. The summed E-state index contributed by atoms with van der Waals surface area (Å²) in [7, 11) is 1.66. The minimum atomic E-state index is 0.521. The Morgan fingerprint density at radius 3 is 2.81 bits per heavy atom. The van der Waals surface area contributed by atoms with Crippen molar-refractivity contribution >= 4 is 5.65 Å². The summed E-state index contributed by atoms with van der Waals surface area (Å²) in [6.45, 7) is 3.85. The van der Waals surface area contributed by atoms with Crippen LogP contribution in [0, 0.1) is 12.8 Å². The second-order valence-electron chi connectivity index (χ2n) is 6.61. The molecule has 26 heavy (non-hydrogen) atoms. The molecule has 0 atom stereocenters. The molecule has 0 aliphatic heterocycles. The van der Waals surface area contributed by atoms with Crippen molar-refractivity contribution in [1.29, 1.82) is 0 Å². The van der Waals surface area contributed by atoms with E-state index in [1.807, 2.05) is 47.8 Å². The molecule has 1 saturated carbocycles. The minimum Gasteiger partial charge on any atom is -0.491 e. The Morgan fingerprint density at radius 2 is 2.00 bits per heavy atom. The number of hydrogen-bond acceptors (Lipinski definition) is 5. The van der Waals surface area contributed by atoms with Gasteiger partial charge in [0.25, 0.3) is 0 Å². The lowest BCUT2D eigenvalue weighted by Gasteiger charge is -2.07. The second-order valence-corrected chi connectivity index (χ2v) is 6.61. The maximum Gasteiger partial charge on any atom is 0.231 e. The van der Waals surface area contributed by atoms with E-state index in [1.165, 1.54) is 12.8 Å². The van der Waals surface area contributed by atoms with E-state index in [2.05, 4.69) is 5.10 Å². The van der Waals surface area contributed by atoms with Crippen LogP contribution < -0.4 is 9.47 Å². The van der Waals surface area contributed by atoms with Gasteiger partial charge in [0, 0.05) is 18.7 Å². The van der Waals surface area contributed by atoms with Crippen molar-refractivity contribution in [2.24, 2.45) is 5.92 Å². The van der Waals surface area contributed by atoms with Crippen molar-refractivity contribution in [3.05, 3.63) is 42.1 Å². The van der Waals surface area contributed by atoms with Crippen molar-refractivity contribution in [3.8, 4) is 22.9 Å².